The molecule has 3 heterocycles. The fourth-order valence-corrected chi connectivity index (χ4v) is 12.0. The number of likely N-dealkylation sites (tertiary alicyclic amines) is 1. The maximum Gasteiger partial charge on any atom is 0.408 e. The molecule has 19 heteroatoms. The number of ether oxygens (including phenoxy) is 3. The van der Waals surface area contributed by atoms with Gasteiger partial charge in [-0.15, -0.1) is 17.9 Å². The van der Waals surface area contributed by atoms with Crippen molar-refractivity contribution >= 4 is 64.2 Å². The highest BCUT2D eigenvalue weighted by molar-refractivity contribution is 7.59. The van der Waals surface area contributed by atoms with E-state index in [1.807, 2.05) is 19.2 Å². The van der Waals surface area contributed by atoms with Crippen molar-refractivity contribution in [2.24, 2.45) is 11.3 Å². The Kier molecular flexibility index (Phi) is 13.7. The van der Waals surface area contributed by atoms with Crippen LogP contribution in [0.3, 0.4) is 0 Å². The Labute approximate surface area is 379 Å². The summed E-state index contributed by atoms with van der Waals surface area (Å²) in [5.41, 5.74) is -0.143. The largest absolute Gasteiger partial charge is 0.495 e. The van der Waals surface area contributed by atoms with Gasteiger partial charge in [-0.2, -0.15) is 0 Å². The number of carbonyl (C=O) groups is 3. The number of rotatable bonds is 15. The SMILES string of the molecule is C=C[C@@H]1C[C@]1(NC(=O)[C@@H]1C[C@@H](Oc2cc(-c3csc(NC(C)C)n3)nc3c(Cl)c(OC)ccc23)CN1C(=O)C(NC(=O)OC1CCCC1)C(C)(C)C)P(=O)(O)Cc1c(F)cccc1F. The summed E-state index contributed by atoms with van der Waals surface area (Å²) in [6, 6.07) is 5.88. The molecule has 2 aliphatic carbocycles. The molecule has 1 aliphatic heterocycles. The van der Waals surface area contributed by atoms with Crippen LogP contribution in [-0.4, -0.2) is 86.9 Å². The van der Waals surface area contributed by atoms with Gasteiger partial charge in [0.15, 0.2) is 5.13 Å². The first-order valence-electron chi connectivity index (χ1n) is 21.3. The minimum Gasteiger partial charge on any atom is -0.495 e. The Bertz CT molecular complexity index is 2480. The van der Waals surface area contributed by atoms with Crippen molar-refractivity contribution in [3.8, 4) is 22.9 Å². The van der Waals surface area contributed by atoms with Crippen molar-refractivity contribution in [2.45, 2.75) is 115 Å². The molecule has 3 fully saturated rings. The van der Waals surface area contributed by atoms with Gasteiger partial charge in [-0.1, -0.05) is 44.5 Å². The van der Waals surface area contributed by atoms with E-state index in [4.69, 9.17) is 35.8 Å². The third kappa shape index (κ3) is 9.73. The lowest BCUT2D eigenvalue weighted by molar-refractivity contribution is -0.142. The molecule has 14 nitrogen and oxygen atoms in total. The number of alkyl carbamates (subject to hydrolysis) is 1. The average molecular weight is 943 g/mol. The summed E-state index contributed by atoms with van der Waals surface area (Å²) in [6.07, 6.45) is 1.73. The number of pyridine rings is 1. The Morgan fingerprint density at radius 3 is 2.42 bits per heavy atom. The number of fused-ring (bicyclic) bond motifs is 1. The van der Waals surface area contributed by atoms with Gasteiger partial charge in [-0.05, 0) is 75.6 Å². The average Bonchev–Trinajstić information content (AvgIpc) is 3.62. The molecular formula is C45H54ClF2N6O8PS. The van der Waals surface area contributed by atoms with Crippen LogP contribution in [0.5, 0.6) is 11.5 Å². The second-order valence-corrected chi connectivity index (χ2v) is 21.8. The first-order valence-corrected chi connectivity index (χ1v) is 24.4. The second-order valence-electron chi connectivity index (χ2n) is 18.1. The van der Waals surface area contributed by atoms with Crippen LogP contribution in [0.2, 0.25) is 5.02 Å². The van der Waals surface area contributed by atoms with Gasteiger partial charge in [0.1, 0.15) is 63.4 Å². The highest BCUT2D eigenvalue weighted by Gasteiger charge is 2.66. The molecule has 344 valence electrons. The van der Waals surface area contributed by atoms with Crippen LogP contribution in [0, 0.1) is 23.0 Å². The van der Waals surface area contributed by atoms with E-state index in [9.17, 15) is 32.6 Å². The minimum absolute atomic E-state index is 0.0348. The monoisotopic (exact) mass is 942 g/mol. The van der Waals surface area contributed by atoms with Gasteiger partial charge in [-0.25, -0.2) is 23.5 Å². The predicted octanol–water partition coefficient (Wildman–Crippen LogP) is 9.04. The van der Waals surface area contributed by atoms with E-state index in [2.05, 4.69) is 22.5 Å². The predicted molar refractivity (Wildman–Crippen MR) is 242 cm³/mol. The molecule has 0 bridgehead atoms. The van der Waals surface area contributed by atoms with E-state index < -0.39 is 83.4 Å². The molecule has 64 heavy (non-hydrogen) atoms. The number of benzene rings is 2. The molecule has 3 amide bonds. The summed E-state index contributed by atoms with van der Waals surface area (Å²) in [4.78, 5) is 65.4. The van der Waals surface area contributed by atoms with Crippen LogP contribution in [0.25, 0.3) is 22.3 Å². The summed E-state index contributed by atoms with van der Waals surface area (Å²) < 4.78 is 61.9. The molecule has 0 radical (unpaired) electrons. The molecule has 2 unspecified atom stereocenters. The molecular weight excluding hydrogens is 889 g/mol. The van der Waals surface area contributed by atoms with Crippen LogP contribution in [0.15, 0.2) is 54.4 Å². The van der Waals surface area contributed by atoms with Crippen LogP contribution < -0.4 is 25.4 Å². The maximum absolute atomic E-state index is 14.9. The molecule has 0 spiro atoms. The highest BCUT2D eigenvalue weighted by Crippen LogP contribution is 2.71. The lowest BCUT2D eigenvalue weighted by Crippen LogP contribution is -2.58. The van der Waals surface area contributed by atoms with Gasteiger partial charge in [0.2, 0.25) is 19.2 Å². The summed E-state index contributed by atoms with van der Waals surface area (Å²) in [7, 11) is -3.15. The summed E-state index contributed by atoms with van der Waals surface area (Å²) in [6.45, 7) is 12.9. The molecule has 2 aromatic heterocycles. The van der Waals surface area contributed by atoms with Crippen LogP contribution >= 0.6 is 30.3 Å². The zero-order valence-electron chi connectivity index (χ0n) is 36.6. The topological polar surface area (TPSA) is 181 Å². The van der Waals surface area contributed by atoms with E-state index in [-0.39, 0.29) is 36.6 Å². The molecule has 4 N–H and O–H groups in total. The number of hydrogen-bond acceptors (Lipinski definition) is 11. The lowest BCUT2D eigenvalue weighted by atomic mass is 9.85. The van der Waals surface area contributed by atoms with Crippen LogP contribution in [-0.2, 0) is 25.1 Å². The smallest absolute Gasteiger partial charge is 0.408 e. The molecule has 6 atom stereocenters. The second kappa shape index (κ2) is 18.6. The standard InChI is InChI=1S/C45H54ClF2N6O8PS/c1-8-25-20-45(25,63(58,59)22-29-30(47)14-11-15-31(29)48)53-40(55)34-18-27(21-54(34)41(56)39(44(4,5)6)52-43(57)62-26-12-9-10-13-26)61-36-19-32(33-23-64-42(51-33)49-24(2)3)50-38-28(36)16-17-35(60-7)37(38)46/h8,11,14-17,19,23-27,34,39H,1,9-10,12-13,18,20-22H2,2-7H3,(H,49,51)(H,52,57)(H,53,55)(H,58,59)/t25-,27-,34+,39?,45+/m1/s1. The van der Waals surface area contributed by atoms with Gasteiger partial charge in [0.05, 0.1) is 31.0 Å². The van der Waals surface area contributed by atoms with Crippen molar-refractivity contribution in [3.63, 3.8) is 0 Å². The Morgan fingerprint density at radius 1 is 1.09 bits per heavy atom. The van der Waals surface area contributed by atoms with E-state index in [1.165, 1.54) is 29.4 Å². The van der Waals surface area contributed by atoms with Gasteiger partial charge in [0.25, 0.3) is 0 Å². The molecule has 4 aromatic rings. The Balaban J connectivity index is 1.24. The third-order valence-electron chi connectivity index (χ3n) is 12.0. The van der Waals surface area contributed by atoms with Crippen molar-refractivity contribution in [1.29, 1.82) is 0 Å². The first kappa shape index (κ1) is 47.1. The number of halogens is 3. The summed E-state index contributed by atoms with van der Waals surface area (Å²) >= 11 is 8.24. The quantitative estimate of drug-likeness (QED) is 0.0660. The molecule has 2 aromatic carbocycles. The first-order chi connectivity index (χ1) is 30.2. The third-order valence-corrected chi connectivity index (χ3v) is 15.8. The van der Waals surface area contributed by atoms with E-state index >= 15 is 0 Å². The van der Waals surface area contributed by atoms with E-state index in [0.717, 1.165) is 31.0 Å². The van der Waals surface area contributed by atoms with Crippen LogP contribution in [0.1, 0.15) is 78.7 Å². The van der Waals surface area contributed by atoms with Crippen molar-refractivity contribution in [1.82, 2.24) is 25.5 Å². The number of aromatic nitrogens is 2. The number of methoxy groups -OCH3 is 1. The number of thiazole rings is 1. The number of nitrogens with one attached hydrogen (secondary N) is 3. The zero-order valence-corrected chi connectivity index (χ0v) is 39.0. The molecule has 3 aliphatic rings. The fourth-order valence-electron chi connectivity index (χ4n) is 8.50. The van der Waals surface area contributed by atoms with Gasteiger partial charge < -0.3 is 40.0 Å². The van der Waals surface area contributed by atoms with Gasteiger partial charge in [-0.3, -0.25) is 14.2 Å². The number of carbonyl (C=O) groups excluding carboxylic acids is 3. The zero-order chi connectivity index (χ0) is 46.3. The highest BCUT2D eigenvalue weighted by atomic mass is 35.5. The van der Waals surface area contributed by atoms with E-state index in [1.54, 1.807) is 39.0 Å². The fraction of sp³-hybridized carbons (Fsp3) is 0.489. The number of nitrogens with zero attached hydrogens (tertiary/aromatic N) is 3. The number of anilines is 1. The lowest BCUT2D eigenvalue weighted by Gasteiger charge is -2.36. The number of amides is 3. The minimum atomic E-state index is -4.63. The summed E-state index contributed by atoms with van der Waals surface area (Å²) in [5.74, 6) is -3.45. The molecule has 2 saturated carbocycles. The van der Waals surface area contributed by atoms with Gasteiger partial charge in [0, 0.05) is 40.8 Å². The van der Waals surface area contributed by atoms with Crippen molar-refractivity contribution < 1.29 is 46.8 Å². The van der Waals surface area contributed by atoms with Crippen molar-refractivity contribution in [3.05, 3.63) is 76.7 Å². The normalized spacial score (nSPS) is 22.5. The summed E-state index contributed by atoms with van der Waals surface area (Å²) in [5, 5.41) is 10.2. The molecule has 7 rings (SSSR count). The maximum atomic E-state index is 14.9. The van der Waals surface area contributed by atoms with Gasteiger partial charge >= 0.3 is 6.09 Å². The Morgan fingerprint density at radius 2 is 1.80 bits per heavy atom. The Hall–Kier alpha value is -4.83. The molecule has 1 saturated heterocycles. The van der Waals surface area contributed by atoms with E-state index in [0.29, 0.717) is 51.8 Å². The van der Waals surface area contributed by atoms with Crippen molar-refractivity contribution in [2.75, 3.05) is 19.0 Å². The number of hydrogen-bond donors (Lipinski definition) is 4. The van der Waals surface area contributed by atoms with Crippen LogP contribution in [0.4, 0.5) is 18.7 Å².